The van der Waals surface area contributed by atoms with Crippen LogP contribution >= 0.6 is 0 Å². The first kappa shape index (κ1) is 13.4. The zero-order chi connectivity index (χ0) is 13.1. The van der Waals surface area contributed by atoms with Crippen LogP contribution in [0.15, 0.2) is 12.4 Å². The van der Waals surface area contributed by atoms with Crippen LogP contribution in [0.2, 0.25) is 0 Å². The number of likely N-dealkylation sites (tertiary alicyclic amines) is 1. The predicted molar refractivity (Wildman–Crippen MR) is 72.1 cm³/mol. The molecular formula is C13H24N4O. The number of β-amino-alcohol motifs (C(OH)–C–C–N with tert-alkyl or cyclic N) is 1. The summed E-state index contributed by atoms with van der Waals surface area (Å²) in [7, 11) is 0. The van der Waals surface area contributed by atoms with E-state index in [0.29, 0.717) is 30.9 Å². The van der Waals surface area contributed by atoms with Gasteiger partial charge >= 0.3 is 0 Å². The van der Waals surface area contributed by atoms with E-state index >= 15 is 0 Å². The first-order valence-electron chi connectivity index (χ1n) is 6.78. The fourth-order valence-corrected chi connectivity index (χ4v) is 2.83. The molecule has 1 aliphatic heterocycles. The maximum absolute atomic E-state index is 10.2. The summed E-state index contributed by atoms with van der Waals surface area (Å²) in [6.07, 6.45) is 6.72. The van der Waals surface area contributed by atoms with Crippen molar-refractivity contribution >= 4 is 5.69 Å². The molecule has 1 aromatic heterocycles. The number of anilines is 1. The lowest BCUT2D eigenvalue weighted by molar-refractivity contribution is 0.0333. The Morgan fingerprint density at radius 1 is 1.39 bits per heavy atom. The molecule has 0 saturated carbocycles. The molecule has 1 saturated heterocycles. The molecular weight excluding hydrogens is 228 g/mol. The molecule has 0 radical (unpaired) electrons. The van der Waals surface area contributed by atoms with Crippen molar-refractivity contribution in [2.75, 3.05) is 12.3 Å². The highest BCUT2D eigenvalue weighted by atomic mass is 16.3. The Balaban J connectivity index is 1.88. The van der Waals surface area contributed by atoms with Crippen LogP contribution in [0.3, 0.4) is 0 Å². The van der Waals surface area contributed by atoms with Crippen molar-refractivity contribution in [2.24, 2.45) is 0 Å². The average molecular weight is 252 g/mol. The minimum Gasteiger partial charge on any atom is -0.396 e. The van der Waals surface area contributed by atoms with Gasteiger partial charge in [0.05, 0.1) is 24.5 Å². The molecule has 0 spiro atoms. The van der Waals surface area contributed by atoms with Crippen LogP contribution in [0, 0.1) is 0 Å². The van der Waals surface area contributed by atoms with E-state index in [9.17, 15) is 5.11 Å². The number of rotatable bonds is 4. The summed E-state index contributed by atoms with van der Waals surface area (Å²) in [5.41, 5.74) is 6.25. The molecule has 1 fully saturated rings. The van der Waals surface area contributed by atoms with Crippen LogP contribution in [0.4, 0.5) is 5.69 Å². The molecule has 2 heterocycles. The topological polar surface area (TPSA) is 67.3 Å². The Bertz CT molecular complexity index is 369. The lowest BCUT2D eigenvalue weighted by atomic mass is 9.97. The average Bonchev–Trinajstić information content (AvgIpc) is 2.69. The van der Waals surface area contributed by atoms with Gasteiger partial charge in [0.1, 0.15) is 0 Å². The van der Waals surface area contributed by atoms with Crippen LogP contribution in [-0.4, -0.2) is 44.5 Å². The fourth-order valence-electron chi connectivity index (χ4n) is 2.83. The Hall–Kier alpha value is -1.07. The van der Waals surface area contributed by atoms with Gasteiger partial charge in [-0.15, -0.1) is 0 Å². The number of hydrogen-bond donors (Lipinski definition) is 2. The Labute approximate surface area is 109 Å². The van der Waals surface area contributed by atoms with Crippen LogP contribution < -0.4 is 5.73 Å². The molecule has 1 aromatic rings. The Morgan fingerprint density at radius 3 is 2.61 bits per heavy atom. The predicted octanol–water partition coefficient (Wildman–Crippen LogP) is 1.09. The molecule has 1 aliphatic rings. The van der Waals surface area contributed by atoms with E-state index in [1.807, 2.05) is 0 Å². The minimum absolute atomic E-state index is 0.396. The van der Waals surface area contributed by atoms with Gasteiger partial charge in [0.2, 0.25) is 0 Å². The van der Waals surface area contributed by atoms with Gasteiger partial charge in [0.25, 0.3) is 0 Å². The second-order valence-electron chi connectivity index (χ2n) is 5.48. The Morgan fingerprint density at radius 2 is 2.06 bits per heavy atom. The first-order valence-corrected chi connectivity index (χ1v) is 6.78. The SMILES string of the molecule is CC1CCCC(C)N1CC(O)Cn1cc(N)cn1. The largest absolute Gasteiger partial charge is 0.396 e. The number of aromatic nitrogens is 2. The van der Waals surface area contributed by atoms with E-state index in [1.165, 1.54) is 19.3 Å². The monoisotopic (exact) mass is 252 g/mol. The molecule has 0 aromatic carbocycles. The lowest BCUT2D eigenvalue weighted by Gasteiger charge is -2.40. The van der Waals surface area contributed by atoms with Gasteiger partial charge in [0.15, 0.2) is 0 Å². The maximum Gasteiger partial charge on any atom is 0.0862 e. The van der Waals surface area contributed by atoms with Gasteiger partial charge in [0, 0.05) is 24.8 Å². The number of nitrogen functional groups attached to an aromatic ring is 1. The normalized spacial score (nSPS) is 27.3. The van der Waals surface area contributed by atoms with E-state index < -0.39 is 6.10 Å². The van der Waals surface area contributed by atoms with Crippen molar-refractivity contribution in [3.63, 3.8) is 0 Å². The quantitative estimate of drug-likeness (QED) is 0.841. The third-order valence-corrected chi connectivity index (χ3v) is 3.85. The molecule has 0 aliphatic carbocycles. The Kier molecular flexibility index (Phi) is 4.24. The third kappa shape index (κ3) is 3.23. The minimum atomic E-state index is -0.396. The molecule has 0 bridgehead atoms. The van der Waals surface area contributed by atoms with Gasteiger partial charge in [-0.25, -0.2) is 0 Å². The van der Waals surface area contributed by atoms with E-state index in [-0.39, 0.29) is 0 Å². The third-order valence-electron chi connectivity index (χ3n) is 3.85. The number of aliphatic hydroxyl groups is 1. The molecule has 3 atom stereocenters. The summed E-state index contributed by atoms with van der Waals surface area (Å²) in [5.74, 6) is 0. The smallest absolute Gasteiger partial charge is 0.0862 e. The van der Waals surface area contributed by atoms with Gasteiger partial charge in [-0.1, -0.05) is 6.42 Å². The van der Waals surface area contributed by atoms with E-state index in [0.717, 1.165) is 0 Å². The standard InChI is InChI=1S/C13H24N4O/c1-10-4-3-5-11(2)17(10)9-13(18)8-16-7-12(14)6-15-16/h6-7,10-11,13,18H,3-5,8-9,14H2,1-2H3. The van der Waals surface area contributed by atoms with Gasteiger partial charge in [-0.05, 0) is 26.7 Å². The van der Waals surface area contributed by atoms with Crippen LogP contribution in [-0.2, 0) is 6.54 Å². The zero-order valence-electron chi connectivity index (χ0n) is 11.3. The molecule has 5 nitrogen and oxygen atoms in total. The zero-order valence-corrected chi connectivity index (χ0v) is 11.3. The van der Waals surface area contributed by atoms with Gasteiger partial charge in [-0.2, -0.15) is 5.10 Å². The second-order valence-corrected chi connectivity index (χ2v) is 5.48. The molecule has 3 unspecified atom stereocenters. The number of piperidine rings is 1. The van der Waals surface area contributed by atoms with Crippen molar-refractivity contribution in [2.45, 2.75) is 57.8 Å². The molecule has 5 heteroatoms. The molecule has 3 N–H and O–H groups in total. The molecule has 102 valence electrons. The highest BCUT2D eigenvalue weighted by Crippen LogP contribution is 2.22. The van der Waals surface area contributed by atoms with Crippen molar-refractivity contribution in [1.29, 1.82) is 0 Å². The van der Waals surface area contributed by atoms with E-state index in [1.54, 1.807) is 17.1 Å². The van der Waals surface area contributed by atoms with Crippen LogP contribution in [0.5, 0.6) is 0 Å². The van der Waals surface area contributed by atoms with Gasteiger partial charge < -0.3 is 10.8 Å². The summed E-state index contributed by atoms with van der Waals surface area (Å²) in [6, 6.07) is 1.12. The molecule has 18 heavy (non-hydrogen) atoms. The van der Waals surface area contributed by atoms with Crippen LogP contribution in [0.1, 0.15) is 33.1 Å². The number of nitrogens with two attached hydrogens (primary N) is 1. The highest BCUT2D eigenvalue weighted by molar-refractivity contribution is 5.30. The summed E-state index contributed by atoms with van der Waals surface area (Å²) in [6.45, 7) is 5.71. The lowest BCUT2D eigenvalue weighted by Crippen LogP contribution is -2.48. The maximum atomic E-state index is 10.2. The number of nitrogens with zero attached hydrogens (tertiary/aromatic N) is 3. The van der Waals surface area contributed by atoms with Crippen molar-refractivity contribution in [1.82, 2.24) is 14.7 Å². The first-order chi connectivity index (χ1) is 8.56. The fraction of sp³-hybridized carbons (Fsp3) is 0.769. The molecule has 0 amide bonds. The van der Waals surface area contributed by atoms with E-state index in [4.69, 9.17) is 5.73 Å². The summed E-state index contributed by atoms with van der Waals surface area (Å²) in [5, 5.41) is 14.3. The summed E-state index contributed by atoms with van der Waals surface area (Å²) < 4.78 is 1.71. The van der Waals surface area contributed by atoms with Crippen LogP contribution in [0.25, 0.3) is 0 Å². The summed E-state index contributed by atoms with van der Waals surface area (Å²) in [4.78, 5) is 2.40. The van der Waals surface area contributed by atoms with Crippen molar-refractivity contribution in [3.8, 4) is 0 Å². The summed E-state index contributed by atoms with van der Waals surface area (Å²) >= 11 is 0. The highest BCUT2D eigenvalue weighted by Gasteiger charge is 2.26. The van der Waals surface area contributed by atoms with E-state index in [2.05, 4.69) is 23.8 Å². The van der Waals surface area contributed by atoms with Gasteiger partial charge in [-0.3, -0.25) is 9.58 Å². The van der Waals surface area contributed by atoms with Crippen molar-refractivity contribution in [3.05, 3.63) is 12.4 Å². The number of aliphatic hydroxyl groups excluding tert-OH is 1. The van der Waals surface area contributed by atoms with Crippen molar-refractivity contribution < 1.29 is 5.11 Å². The second kappa shape index (κ2) is 5.71. The molecule has 2 rings (SSSR count). The number of hydrogen-bond acceptors (Lipinski definition) is 4.